The monoisotopic (exact) mass is 714 g/mol. The highest BCUT2D eigenvalue weighted by atomic mass is 16.5. The van der Waals surface area contributed by atoms with E-state index in [9.17, 15) is 0 Å². The summed E-state index contributed by atoms with van der Waals surface area (Å²) in [7, 11) is 4.28. The van der Waals surface area contributed by atoms with Gasteiger partial charge in [-0.3, -0.25) is 0 Å². The molecular weight excluding hydrogens is 627 g/mol. The van der Waals surface area contributed by atoms with E-state index in [1.165, 1.54) is 141 Å². The van der Waals surface area contributed by atoms with Gasteiger partial charge >= 0.3 is 0 Å². The summed E-state index contributed by atoms with van der Waals surface area (Å²) in [4.78, 5) is 2.25. The zero-order valence-electron chi connectivity index (χ0n) is 35.5. The van der Waals surface area contributed by atoms with Crippen LogP contribution in [0.4, 0.5) is 0 Å². The second kappa shape index (κ2) is 22.2. The molecule has 0 aromatic rings. The van der Waals surface area contributed by atoms with E-state index in [1.54, 1.807) is 5.57 Å². The van der Waals surface area contributed by atoms with Crippen molar-refractivity contribution in [3.63, 3.8) is 0 Å². The van der Waals surface area contributed by atoms with Gasteiger partial charge in [0.05, 0.1) is 25.4 Å². The molecule has 0 aromatic carbocycles. The molecule has 3 saturated carbocycles. The van der Waals surface area contributed by atoms with Gasteiger partial charge in [0.15, 0.2) is 0 Å². The summed E-state index contributed by atoms with van der Waals surface area (Å²) in [6.45, 7) is 19.3. The van der Waals surface area contributed by atoms with Crippen molar-refractivity contribution < 1.29 is 14.2 Å². The molecule has 0 N–H and O–H groups in total. The summed E-state index contributed by atoms with van der Waals surface area (Å²) >= 11 is 0. The van der Waals surface area contributed by atoms with Gasteiger partial charge in [-0.25, -0.2) is 0 Å². The molecule has 0 unspecified atom stereocenters. The molecule has 4 nitrogen and oxygen atoms in total. The first-order valence-electron chi connectivity index (χ1n) is 22.7. The Kier molecular flexibility index (Phi) is 18.9. The normalized spacial score (nSPS) is 31.7. The Morgan fingerprint density at radius 3 is 2.02 bits per heavy atom. The number of unbranched alkanes of at least 4 members (excludes halogenated alkanes) is 9. The van der Waals surface area contributed by atoms with E-state index in [0.29, 0.717) is 23.0 Å². The molecule has 0 radical (unpaired) electrons. The van der Waals surface area contributed by atoms with Crippen molar-refractivity contribution in [1.29, 1.82) is 0 Å². The van der Waals surface area contributed by atoms with Crippen LogP contribution in [-0.4, -0.2) is 64.2 Å². The molecule has 4 aliphatic carbocycles. The summed E-state index contributed by atoms with van der Waals surface area (Å²) < 4.78 is 18.6. The van der Waals surface area contributed by atoms with Crippen LogP contribution in [0, 0.1) is 46.3 Å². The molecule has 0 amide bonds. The highest BCUT2D eigenvalue weighted by Gasteiger charge is 2.59. The van der Waals surface area contributed by atoms with Crippen molar-refractivity contribution in [3.8, 4) is 0 Å². The third kappa shape index (κ3) is 12.5. The Bertz CT molecular complexity index is 979. The minimum absolute atomic E-state index is 0.353. The molecule has 298 valence electrons. The van der Waals surface area contributed by atoms with Crippen LogP contribution in [-0.2, 0) is 14.2 Å². The molecule has 4 rings (SSSR count). The van der Waals surface area contributed by atoms with Crippen molar-refractivity contribution in [2.45, 2.75) is 195 Å². The molecule has 0 spiro atoms. The van der Waals surface area contributed by atoms with Gasteiger partial charge in [-0.1, -0.05) is 124 Å². The first-order chi connectivity index (χ1) is 24.6. The molecule has 4 aliphatic rings. The van der Waals surface area contributed by atoms with Crippen molar-refractivity contribution >= 4 is 0 Å². The molecule has 9 atom stereocenters. The summed E-state index contributed by atoms with van der Waals surface area (Å²) in [6, 6.07) is 0.353. The topological polar surface area (TPSA) is 30.9 Å². The smallest absolute Gasteiger partial charge is 0.0644 e. The average Bonchev–Trinajstić information content (AvgIpc) is 3.46. The van der Waals surface area contributed by atoms with E-state index in [2.05, 4.69) is 66.6 Å². The quantitative estimate of drug-likeness (QED) is 0.0659. The molecule has 0 saturated heterocycles. The zero-order chi connectivity index (χ0) is 36.7. The van der Waals surface area contributed by atoms with E-state index >= 15 is 0 Å². The number of likely N-dealkylation sites (N-methyl/N-ethyl adjacent to an activating group) is 1. The number of ether oxygens (including phenoxy) is 3. The van der Waals surface area contributed by atoms with Gasteiger partial charge in [0.2, 0.25) is 0 Å². The lowest BCUT2D eigenvalue weighted by Gasteiger charge is -2.58. The fourth-order valence-corrected chi connectivity index (χ4v) is 11.7. The van der Waals surface area contributed by atoms with E-state index < -0.39 is 0 Å². The van der Waals surface area contributed by atoms with E-state index in [0.717, 1.165) is 68.5 Å². The third-order valence-corrected chi connectivity index (χ3v) is 15.0. The lowest BCUT2D eigenvalue weighted by atomic mass is 9.47. The molecule has 0 heterocycles. The standard InChI is InChI=1S/C47H87NO3/c1-9-10-11-14-17-31-49-35-40(48(7)8)36-50-32-18-15-12-13-16-19-33-51-41-27-29-46(5)39(34-41)23-24-42-44-26-25-43(38(4)22-20-21-37(2)3)47(44,6)30-28-45(42)46/h23,37-38,40-45H,9-22,24-36H2,1-8H3/t38-,40-,41+,42+,43-,44+,45+,46+,47-/m1/s1. The number of nitrogens with zero attached hydrogens (tertiary/aromatic N) is 1. The number of hydrogen-bond acceptors (Lipinski definition) is 4. The van der Waals surface area contributed by atoms with Crippen LogP contribution in [0.1, 0.15) is 183 Å². The molecule has 0 aliphatic heterocycles. The van der Waals surface area contributed by atoms with Gasteiger partial charge in [-0.05, 0) is 131 Å². The van der Waals surface area contributed by atoms with E-state index in [4.69, 9.17) is 14.2 Å². The van der Waals surface area contributed by atoms with Gasteiger partial charge in [-0.15, -0.1) is 0 Å². The van der Waals surface area contributed by atoms with Gasteiger partial charge in [0.25, 0.3) is 0 Å². The van der Waals surface area contributed by atoms with Crippen LogP contribution in [0.25, 0.3) is 0 Å². The predicted octanol–water partition coefficient (Wildman–Crippen LogP) is 12.7. The van der Waals surface area contributed by atoms with Crippen LogP contribution in [0.15, 0.2) is 11.6 Å². The summed E-state index contributed by atoms with van der Waals surface area (Å²) in [6.07, 6.45) is 32.7. The Morgan fingerprint density at radius 1 is 0.725 bits per heavy atom. The van der Waals surface area contributed by atoms with Crippen molar-refractivity contribution in [1.82, 2.24) is 4.90 Å². The molecule has 3 fully saturated rings. The zero-order valence-corrected chi connectivity index (χ0v) is 35.5. The molecule has 4 heteroatoms. The number of hydrogen-bond donors (Lipinski definition) is 0. The Morgan fingerprint density at radius 2 is 1.37 bits per heavy atom. The van der Waals surface area contributed by atoms with Crippen molar-refractivity contribution in [2.24, 2.45) is 46.3 Å². The van der Waals surface area contributed by atoms with Gasteiger partial charge < -0.3 is 19.1 Å². The summed E-state index contributed by atoms with van der Waals surface area (Å²) in [5, 5.41) is 0. The average molecular weight is 714 g/mol. The van der Waals surface area contributed by atoms with Crippen molar-refractivity contribution in [2.75, 3.05) is 47.1 Å². The SMILES string of the molecule is CCCCCCCOC[C@H](COCCCCCCCCO[C@H]1CC[C@@]2(C)C(=CC[C@H]3[C@@H]4CC[C@H]([C@H](C)CCCC(C)C)[C@@]4(C)CC[C@@H]32)C1)N(C)C. The van der Waals surface area contributed by atoms with Crippen LogP contribution in [0.5, 0.6) is 0 Å². The lowest BCUT2D eigenvalue weighted by Crippen LogP contribution is -2.51. The maximum atomic E-state index is 6.57. The van der Waals surface area contributed by atoms with Crippen LogP contribution in [0.3, 0.4) is 0 Å². The van der Waals surface area contributed by atoms with E-state index in [-0.39, 0.29) is 0 Å². The minimum Gasteiger partial charge on any atom is -0.380 e. The fourth-order valence-electron chi connectivity index (χ4n) is 11.7. The molecule has 51 heavy (non-hydrogen) atoms. The molecule has 0 aromatic heterocycles. The summed E-state index contributed by atoms with van der Waals surface area (Å²) in [5.41, 5.74) is 2.81. The first-order valence-corrected chi connectivity index (χ1v) is 22.7. The van der Waals surface area contributed by atoms with Crippen LogP contribution < -0.4 is 0 Å². The highest BCUT2D eigenvalue weighted by Crippen LogP contribution is 2.67. The van der Waals surface area contributed by atoms with Crippen LogP contribution >= 0.6 is 0 Å². The third-order valence-electron chi connectivity index (χ3n) is 15.0. The number of allylic oxidation sites excluding steroid dienone is 1. The van der Waals surface area contributed by atoms with Gasteiger partial charge in [0.1, 0.15) is 0 Å². The summed E-state index contributed by atoms with van der Waals surface area (Å²) in [5.74, 6) is 5.51. The second-order valence-electron chi connectivity index (χ2n) is 19.3. The minimum atomic E-state index is 0.353. The maximum Gasteiger partial charge on any atom is 0.0644 e. The van der Waals surface area contributed by atoms with Gasteiger partial charge in [0, 0.05) is 19.8 Å². The maximum absolute atomic E-state index is 6.57. The Hall–Kier alpha value is -0.420. The lowest BCUT2D eigenvalue weighted by molar-refractivity contribution is -0.0641. The van der Waals surface area contributed by atoms with E-state index in [1.807, 2.05) is 0 Å². The van der Waals surface area contributed by atoms with Crippen LogP contribution in [0.2, 0.25) is 0 Å². The largest absolute Gasteiger partial charge is 0.380 e. The number of rotatable bonds is 26. The molecular formula is C47H87NO3. The molecule has 0 bridgehead atoms. The Labute approximate surface area is 318 Å². The highest BCUT2D eigenvalue weighted by molar-refractivity contribution is 5.25. The predicted molar refractivity (Wildman–Crippen MR) is 218 cm³/mol. The Balaban J connectivity index is 1.06. The first kappa shape index (κ1) is 43.3. The number of fused-ring (bicyclic) bond motifs is 5. The van der Waals surface area contributed by atoms with Crippen molar-refractivity contribution in [3.05, 3.63) is 11.6 Å². The fraction of sp³-hybridized carbons (Fsp3) is 0.957. The van der Waals surface area contributed by atoms with Gasteiger partial charge in [-0.2, -0.15) is 0 Å². The second-order valence-corrected chi connectivity index (χ2v) is 19.3.